The summed E-state index contributed by atoms with van der Waals surface area (Å²) in [6, 6.07) is 20.1. The summed E-state index contributed by atoms with van der Waals surface area (Å²) in [4.78, 5) is 28.8. The molecule has 158 valence electrons. The van der Waals surface area contributed by atoms with E-state index < -0.39 is 5.82 Å². The average Bonchev–Trinajstić information content (AvgIpc) is 2.79. The number of nitrogens with zero attached hydrogens (tertiary/aromatic N) is 2. The number of benzene rings is 3. The predicted molar refractivity (Wildman–Crippen MR) is 116 cm³/mol. The molecule has 1 heterocycles. The summed E-state index contributed by atoms with van der Waals surface area (Å²) < 4.78 is 19.0. The Labute approximate surface area is 184 Å². The summed E-state index contributed by atoms with van der Waals surface area (Å²) in [5.41, 5.74) is 0.818. The van der Waals surface area contributed by atoms with Crippen molar-refractivity contribution in [3.05, 3.63) is 94.8 Å². The van der Waals surface area contributed by atoms with Gasteiger partial charge < -0.3 is 14.5 Å². The van der Waals surface area contributed by atoms with Crippen molar-refractivity contribution in [3.8, 4) is 11.5 Å². The Morgan fingerprint density at radius 3 is 1.97 bits per heavy atom. The van der Waals surface area contributed by atoms with Crippen molar-refractivity contribution < 1.29 is 18.7 Å². The van der Waals surface area contributed by atoms with Crippen LogP contribution in [0.25, 0.3) is 0 Å². The van der Waals surface area contributed by atoms with Crippen molar-refractivity contribution in [2.75, 3.05) is 26.2 Å². The minimum atomic E-state index is -0.489. The van der Waals surface area contributed by atoms with Gasteiger partial charge in [-0.2, -0.15) is 0 Å². The summed E-state index contributed by atoms with van der Waals surface area (Å²) in [6.07, 6.45) is 0. The molecule has 0 aliphatic carbocycles. The fraction of sp³-hybridized carbons (Fsp3) is 0.167. The standard InChI is InChI=1S/C24H20ClFN2O3/c25-22-16-18(26)8-11-21(22)24(30)28-14-12-27(13-15-28)23(29)17-6-9-20(10-7-17)31-19-4-2-1-3-5-19/h1-11,16H,12-15H2. The van der Waals surface area contributed by atoms with Crippen molar-refractivity contribution in [1.29, 1.82) is 0 Å². The maximum absolute atomic E-state index is 13.2. The highest BCUT2D eigenvalue weighted by molar-refractivity contribution is 6.33. The molecular weight excluding hydrogens is 419 g/mol. The SMILES string of the molecule is O=C(c1ccc(Oc2ccccc2)cc1)N1CCN(C(=O)c2ccc(F)cc2Cl)CC1. The van der Waals surface area contributed by atoms with Crippen molar-refractivity contribution in [1.82, 2.24) is 9.80 Å². The van der Waals surface area contributed by atoms with Crippen LogP contribution in [0.2, 0.25) is 5.02 Å². The molecule has 0 unspecified atom stereocenters. The van der Waals surface area contributed by atoms with Crippen LogP contribution in [0.1, 0.15) is 20.7 Å². The maximum Gasteiger partial charge on any atom is 0.255 e. The fourth-order valence-electron chi connectivity index (χ4n) is 3.42. The molecule has 3 aromatic carbocycles. The number of hydrogen-bond donors (Lipinski definition) is 0. The van der Waals surface area contributed by atoms with E-state index in [1.807, 2.05) is 30.3 Å². The molecule has 1 aliphatic rings. The molecule has 2 amide bonds. The van der Waals surface area contributed by atoms with Crippen LogP contribution in [-0.2, 0) is 0 Å². The molecule has 7 heteroatoms. The van der Waals surface area contributed by atoms with E-state index in [0.717, 1.165) is 11.8 Å². The molecule has 0 radical (unpaired) electrons. The van der Waals surface area contributed by atoms with E-state index in [1.165, 1.54) is 12.1 Å². The van der Waals surface area contributed by atoms with Gasteiger partial charge in [0.15, 0.2) is 0 Å². The first-order valence-corrected chi connectivity index (χ1v) is 10.3. The molecule has 0 atom stereocenters. The summed E-state index contributed by atoms with van der Waals surface area (Å²) in [5, 5.41) is 0.0846. The van der Waals surface area contributed by atoms with Gasteiger partial charge in [0.05, 0.1) is 10.6 Å². The van der Waals surface area contributed by atoms with E-state index in [9.17, 15) is 14.0 Å². The Balaban J connectivity index is 1.35. The van der Waals surface area contributed by atoms with Gasteiger partial charge in [0.2, 0.25) is 0 Å². The Hall–Kier alpha value is -3.38. The van der Waals surface area contributed by atoms with Crippen LogP contribution in [0.15, 0.2) is 72.8 Å². The number of hydrogen-bond acceptors (Lipinski definition) is 3. The van der Waals surface area contributed by atoms with Crippen LogP contribution in [0.4, 0.5) is 4.39 Å². The van der Waals surface area contributed by atoms with Crippen LogP contribution >= 0.6 is 11.6 Å². The Bertz CT molecular complexity index is 1080. The third kappa shape index (κ3) is 4.86. The van der Waals surface area contributed by atoms with E-state index in [2.05, 4.69) is 0 Å². The Kier molecular flexibility index (Phi) is 6.18. The lowest BCUT2D eigenvalue weighted by Crippen LogP contribution is -2.50. The maximum atomic E-state index is 13.2. The van der Waals surface area contributed by atoms with Gasteiger partial charge in [0.1, 0.15) is 17.3 Å². The molecule has 3 aromatic rings. The highest BCUT2D eigenvalue weighted by Crippen LogP contribution is 2.23. The van der Waals surface area contributed by atoms with Gasteiger partial charge in [0.25, 0.3) is 11.8 Å². The minimum Gasteiger partial charge on any atom is -0.457 e. The predicted octanol–water partition coefficient (Wildman–Crippen LogP) is 4.87. The highest BCUT2D eigenvalue weighted by Gasteiger charge is 2.26. The topological polar surface area (TPSA) is 49.9 Å². The van der Waals surface area contributed by atoms with E-state index in [4.69, 9.17) is 16.3 Å². The van der Waals surface area contributed by atoms with Crippen molar-refractivity contribution >= 4 is 23.4 Å². The number of carbonyl (C=O) groups is 2. The lowest BCUT2D eigenvalue weighted by Gasteiger charge is -2.35. The van der Waals surface area contributed by atoms with Gasteiger partial charge in [0, 0.05) is 31.7 Å². The van der Waals surface area contributed by atoms with Crippen LogP contribution in [0.5, 0.6) is 11.5 Å². The largest absolute Gasteiger partial charge is 0.457 e. The fourth-order valence-corrected chi connectivity index (χ4v) is 3.67. The molecule has 31 heavy (non-hydrogen) atoms. The lowest BCUT2D eigenvalue weighted by atomic mass is 10.1. The zero-order valence-electron chi connectivity index (χ0n) is 16.6. The zero-order valence-corrected chi connectivity index (χ0v) is 17.4. The molecular formula is C24H20ClFN2O3. The first-order chi connectivity index (χ1) is 15.0. The highest BCUT2D eigenvalue weighted by atomic mass is 35.5. The smallest absolute Gasteiger partial charge is 0.255 e. The minimum absolute atomic E-state index is 0.0846. The summed E-state index contributed by atoms with van der Waals surface area (Å²) in [5.74, 6) is 0.521. The Morgan fingerprint density at radius 2 is 1.35 bits per heavy atom. The lowest BCUT2D eigenvalue weighted by molar-refractivity contribution is 0.0535. The first kappa shape index (κ1) is 20.9. The van der Waals surface area contributed by atoms with Crippen LogP contribution in [-0.4, -0.2) is 47.8 Å². The number of carbonyl (C=O) groups excluding carboxylic acids is 2. The quantitative estimate of drug-likeness (QED) is 0.584. The van der Waals surface area contributed by atoms with E-state index in [0.29, 0.717) is 37.5 Å². The molecule has 1 saturated heterocycles. The second kappa shape index (κ2) is 9.18. The third-order valence-electron chi connectivity index (χ3n) is 5.10. The van der Waals surface area contributed by atoms with Gasteiger partial charge in [-0.25, -0.2) is 4.39 Å². The van der Waals surface area contributed by atoms with Gasteiger partial charge in [-0.1, -0.05) is 29.8 Å². The van der Waals surface area contributed by atoms with Crippen LogP contribution in [0, 0.1) is 5.82 Å². The molecule has 1 aliphatic heterocycles. The number of halogens is 2. The normalized spacial score (nSPS) is 13.7. The third-order valence-corrected chi connectivity index (χ3v) is 5.41. The van der Waals surface area contributed by atoms with E-state index >= 15 is 0 Å². The second-order valence-corrected chi connectivity index (χ2v) is 7.56. The number of amides is 2. The van der Waals surface area contributed by atoms with Gasteiger partial charge in [-0.05, 0) is 54.6 Å². The number of piperazine rings is 1. The summed E-state index contributed by atoms with van der Waals surface area (Å²) >= 11 is 6.00. The van der Waals surface area contributed by atoms with Gasteiger partial charge in [-0.15, -0.1) is 0 Å². The average molecular weight is 439 g/mol. The number of rotatable bonds is 4. The monoisotopic (exact) mass is 438 g/mol. The van der Waals surface area contributed by atoms with Crippen molar-refractivity contribution in [2.24, 2.45) is 0 Å². The van der Waals surface area contributed by atoms with Crippen molar-refractivity contribution in [3.63, 3.8) is 0 Å². The van der Waals surface area contributed by atoms with Crippen LogP contribution in [0.3, 0.4) is 0 Å². The van der Waals surface area contributed by atoms with Crippen LogP contribution < -0.4 is 4.74 Å². The summed E-state index contributed by atoms with van der Waals surface area (Å²) in [6.45, 7) is 1.58. The molecule has 5 nitrogen and oxygen atoms in total. The molecule has 0 spiro atoms. The first-order valence-electron chi connectivity index (χ1n) is 9.88. The molecule has 4 rings (SSSR count). The number of ether oxygens (including phenoxy) is 1. The number of para-hydroxylation sites is 1. The summed E-state index contributed by atoms with van der Waals surface area (Å²) in [7, 11) is 0. The molecule has 0 N–H and O–H groups in total. The second-order valence-electron chi connectivity index (χ2n) is 7.15. The Morgan fingerprint density at radius 1 is 0.774 bits per heavy atom. The molecule has 0 aromatic heterocycles. The molecule has 0 bridgehead atoms. The van der Waals surface area contributed by atoms with Gasteiger partial charge >= 0.3 is 0 Å². The van der Waals surface area contributed by atoms with E-state index in [-0.39, 0.29) is 22.4 Å². The van der Waals surface area contributed by atoms with E-state index in [1.54, 1.807) is 34.1 Å². The van der Waals surface area contributed by atoms with Gasteiger partial charge in [-0.3, -0.25) is 9.59 Å². The molecule has 0 saturated carbocycles. The molecule has 1 fully saturated rings. The zero-order chi connectivity index (χ0) is 21.8. The van der Waals surface area contributed by atoms with Crippen molar-refractivity contribution in [2.45, 2.75) is 0 Å².